The Labute approximate surface area is 270 Å². The van der Waals surface area contributed by atoms with E-state index in [4.69, 9.17) is 4.74 Å². The minimum atomic E-state index is -1.06. The molecule has 0 saturated carbocycles. The van der Waals surface area contributed by atoms with E-state index in [-0.39, 0.29) is 0 Å². The number of anilines is 1. The van der Waals surface area contributed by atoms with Crippen molar-refractivity contribution in [2.24, 2.45) is 0 Å². The molecule has 0 heterocycles. The zero-order chi connectivity index (χ0) is 31.6. The molecular weight excluding hydrogens is 587 g/mol. The molecule has 5 nitrogen and oxygen atoms in total. The van der Waals surface area contributed by atoms with Gasteiger partial charge in [-0.1, -0.05) is 158 Å². The lowest BCUT2D eigenvalue weighted by molar-refractivity contribution is 0.0205. The maximum absolute atomic E-state index is 14.4. The summed E-state index contributed by atoms with van der Waals surface area (Å²) in [7, 11) is -1.06. The van der Waals surface area contributed by atoms with Gasteiger partial charge in [-0.2, -0.15) is 0 Å². The monoisotopic (exact) mass is 620 g/mol. The first-order chi connectivity index (χ1) is 22.7. The molecular formula is C40H33N2O3P. The van der Waals surface area contributed by atoms with Crippen molar-refractivity contribution in [2.75, 3.05) is 5.32 Å². The van der Waals surface area contributed by atoms with Crippen molar-refractivity contribution in [1.82, 2.24) is 5.32 Å². The topological polar surface area (TPSA) is 67.4 Å². The molecule has 6 aromatic carbocycles. The van der Waals surface area contributed by atoms with Crippen molar-refractivity contribution >= 4 is 41.5 Å². The predicted molar refractivity (Wildman–Crippen MR) is 188 cm³/mol. The van der Waals surface area contributed by atoms with E-state index in [2.05, 4.69) is 34.9 Å². The van der Waals surface area contributed by atoms with Crippen LogP contribution < -0.4 is 26.5 Å². The van der Waals surface area contributed by atoms with Crippen LogP contribution in [0.4, 0.5) is 10.5 Å². The molecule has 46 heavy (non-hydrogen) atoms. The minimum absolute atomic E-state index is 0.408. The van der Waals surface area contributed by atoms with Crippen LogP contribution in [0.2, 0.25) is 0 Å². The van der Waals surface area contributed by atoms with Crippen LogP contribution in [0, 0.1) is 0 Å². The van der Waals surface area contributed by atoms with Crippen LogP contribution in [0.25, 0.3) is 0 Å². The number of para-hydroxylation sites is 1. The summed E-state index contributed by atoms with van der Waals surface area (Å²) < 4.78 is 6.48. The Morgan fingerprint density at radius 1 is 0.522 bits per heavy atom. The fraction of sp³-hybridized carbons (Fsp3) is 0.0500. The molecule has 0 aromatic heterocycles. The fourth-order valence-electron chi connectivity index (χ4n) is 5.40. The molecule has 0 aliphatic heterocycles. The largest absolute Gasteiger partial charge is 0.451 e. The molecule has 0 aliphatic rings. The molecule has 0 radical (unpaired) electrons. The van der Waals surface area contributed by atoms with Crippen molar-refractivity contribution in [2.45, 2.75) is 12.1 Å². The lowest BCUT2D eigenvalue weighted by Crippen LogP contribution is -2.37. The Hall–Kier alpha value is -5.51. The zero-order valence-corrected chi connectivity index (χ0v) is 26.0. The lowest BCUT2D eigenvalue weighted by atomic mass is 9.95. The number of amides is 2. The van der Waals surface area contributed by atoms with Crippen LogP contribution in [-0.4, -0.2) is 12.0 Å². The van der Waals surface area contributed by atoms with Gasteiger partial charge in [-0.05, 0) is 53.2 Å². The van der Waals surface area contributed by atoms with Gasteiger partial charge >= 0.3 is 12.0 Å². The van der Waals surface area contributed by atoms with Gasteiger partial charge in [0.1, 0.15) is 0 Å². The van der Waals surface area contributed by atoms with E-state index in [1.165, 1.54) is 0 Å². The Kier molecular flexibility index (Phi) is 9.94. The molecule has 6 rings (SSSR count). The molecule has 2 N–H and O–H groups in total. The van der Waals surface area contributed by atoms with Gasteiger partial charge in [-0.15, -0.1) is 0 Å². The number of ether oxygens (including phenoxy) is 1. The van der Waals surface area contributed by atoms with E-state index in [1.807, 2.05) is 152 Å². The van der Waals surface area contributed by atoms with E-state index in [9.17, 15) is 9.59 Å². The van der Waals surface area contributed by atoms with Crippen LogP contribution in [0.15, 0.2) is 176 Å². The van der Waals surface area contributed by atoms with E-state index in [0.717, 1.165) is 27.0 Å². The van der Waals surface area contributed by atoms with E-state index in [0.29, 0.717) is 11.3 Å². The standard InChI is InChI=1S/C40H33N2O3P/c43-39(35-28-16-17-29-36(35)46(33-24-12-4-13-25-33)34-26-14-5-15-27-34)45-38(31-20-8-2-9-21-31)37(30-18-6-1-7-19-30)42-40(44)41-32-22-10-3-11-23-32/h1-29,37-38H,(H2,41,42,44). The predicted octanol–water partition coefficient (Wildman–Crippen LogP) is 7.91. The second-order valence-corrected chi connectivity index (χ2v) is 12.8. The second-order valence-electron chi connectivity index (χ2n) is 10.6. The smallest absolute Gasteiger partial charge is 0.339 e. The van der Waals surface area contributed by atoms with Gasteiger partial charge < -0.3 is 15.4 Å². The first kappa shape index (κ1) is 30.5. The van der Waals surface area contributed by atoms with Gasteiger partial charge in [0, 0.05) is 5.69 Å². The third kappa shape index (κ3) is 7.40. The van der Waals surface area contributed by atoms with Crippen molar-refractivity contribution in [3.8, 4) is 0 Å². The quantitative estimate of drug-likeness (QED) is 0.121. The Bertz CT molecular complexity index is 1820. The van der Waals surface area contributed by atoms with E-state index in [1.54, 1.807) is 0 Å². The van der Waals surface area contributed by atoms with Crippen molar-refractivity contribution in [3.63, 3.8) is 0 Å². The van der Waals surface area contributed by atoms with Crippen molar-refractivity contribution < 1.29 is 14.3 Å². The van der Waals surface area contributed by atoms with Gasteiger partial charge in [0.25, 0.3) is 0 Å². The minimum Gasteiger partial charge on any atom is -0.451 e. The molecule has 0 aliphatic carbocycles. The van der Waals surface area contributed by atoms with Crippen LogP contribution >= 0.6 is 7.92 Å². The highest BCUT2D eigenvalue weighted by molar-refractivity contribution is 7.80. The number of benzene rings is 6. The average molecular weight is 621 g/mol. The average Bonchev–Trinajstić information content (AvgIpc) is 3.12. The van der Waals surface area contributed by atoms with Crippen molar-refractivity contribution in [1.29, 1.82) is 0 Å². The molecule has 0 fully saturated rings. The van der Waals surface area contributed by atoms with Gasteiger partial charge in [0.05, 0.1) is 11.6 Å². The molecule has 0 spiro atoms. The molecule has 0 saturated heterocycles. The number of esters is 1. The lowest BCUT2D eigenvalue weighted by Gasteiger charge is -2.29. The van der Waals surface area contributed by atoms with Gasteiger partial charge in [-0.25, -0.2) is 9.59 Å². The third-order valence-corrected chi connectivity index (χ3v) is 10.0. The molecule has 6 heteroatoms. The summed E-state index contributed by atoms with van der Waals surface area (Å²) >= 11 is 0. The number of hydrogen-bond donors (Lipinski definition) is 2. The first-order valence-corrected chi connectivity index (χ1v) is 16.4. The maximum Gasteiger partial charge on any atom is 0.339 e. The number of rotatable bonds is 10. The van der Waals surface area contributed by atoms with Gasteiger partial charge in [0.2, 0.25) is 0 Å². The van der Waals surface area contributed by atoms with Crippen LogP contribution in [0.3, 0.4) is 0 Å². The number of hydrogen-bond acceptors (Lipinski definition) is 3. The van der Waals surface area contributed by atoms with Crippen LogP contribution in [0.5, 0.6) is 0 Å². The van der Waals surface area contributed by atoms with Crippen LogP contribution in [0.1, 0.15) is 33.6 Å². The number of nitrogens with one attached hydrogen (secondary N) is 2. The first-order valence-electron chi connectivity index (χ1n) is 15.1. The highest BCUT2D eigenvalue weighted by Gasteiger charge is 2.32. The van der Waals surface area contributed by atoms with Gasteiger partial charge in [0.15, 0.2) is 6.10 Å². The number of urea groups is 1. The van der Waals surface area contributed by atoms with E-state index < -0.39 is 32.1 Å². The molecule has 0 bridgehead atoms. The third-order valence-electron chi connectivity index (χ3n) is 7.54. The molecule has 2 atom stereocenters. The SMILES string of the molecule is O=C(Nc1ccccc1)NC(c1ccccc1)C(OC(=O)c1ccccc1P(c1ccccc1)c1ccccc1)c1ccccc1. The number of carbonyl (C=O) groups excluding carboxylic acids is 2. The summed E-state index contributed by atoms with van der Waals surface area (Å²) in [6.07, 6.45) is -0.828. The maximum atomic E-state index is 14.4. The highest BCUT2D eigenvalue weighted by atomic mass is 31.1. The summed E-state index contributed by atoms with van der Waals surface area (Å²) in [6.45, 7) is 0. The number of carbonyl (C=O) groups is 2. The van der Waals surface area contributed by atoms with Crippen molar-refractivity contribution in [3.05, 3.63) is 193 Å². The molecule has 226 valence electrons. The summed E-state index contributed by atoms with van der Waals surface area (Å²) in [5.41, 5.74) is 2.71. The molecule has 2 unspecified atom stereocenters. The summed E-state index contributed by atoms with van der Waals surface area (Å²) in [6, 6.07) is 55.5. The summed E-state index contributed by atoms with van der Waals surface area (Å²) in [4.78, 5) is 27.8. The molecule has 2 amide bonds. The normalized spacial score (nSPS) is 12.1. The Morgan fingerprint density at radius 3 is 1.54 bits per heavy atom. The Morgan fingerprint density at radius 2 is 0.978 bits per heavy atom. The Balaban J connectivity index is 1.39. The summed E-state index contributed by atoms with van der Waals surface area (Å²) in [5, 5.41) is 9.17. The van der Waals surface area contributed by atoms with E-state index >= 15 is 0 Å². The highest BCUT2D eigenvalue weighted by Crippen LogP contribution is 2.37. The molecule has 6 aromatic rings. The second kappa shape index (κ2) is 15.0. The fourth-order valence-corrected chi connectivity index (χ4v) is 7.83. The van der Waals surface area contributed by atoms with Gasteiger partial charge in [-0.3, -0.25) is 0 Å². The zero-order valence-electron chi connectivity index (χ0n) is 25.1. The van der Waals surface area contributed by atoms with Crippen LogP contribution in [-0.2, 0) is 4.74 Å². The summed E-state index contributed by atoms with van der Waals surface area (Å²) in [5.74, 6) is -0.463.